The van der Waals surface area contributed by atoms with Gasteiger partial charge in [0.25, 0.3) is 0 Å². The minimum Gasteiger partial charge on any atom is -0.493 e. The summed E-state index contributed by atoms with van der Waals surface area (Å²) in [5.41, 5.74) is 2.96. The Hall–Kier alpha value is -3.86. The second-order valence-electron chi connectivity index (χ2n) is 6.24. The minimum atomic E-state index is -1.07. The second kappa shape index (κ2) is 8.89. The normalized spacial score (nSPS) is 11.0. The maximum atomic E-state index is 12.6. The highest BCUT2D eigenvalue weighted by molar-refractivity contribution is 6.09. The third-order valence-corrected chi connectivity index (χ3v) is 4.46. The van der Waals surface area contributed by atoms with Gasteiger partial charge in [-0.05, 0) is 28.8 Å². The lowest BCUT2D eigenvalue weighted by Gasteiger charge is -2.13. The number of ether oxygens (including phenoxy) is 2. The molecule has 0 aliphatic rings. The van der Waals surface area contributed by atoms with Crippen LogP contribution < -0.4 is 9.47 Å². The van der Waals surface area contributed by atoms with Crippen LogP contribution in [0.2, 0.25) is 0 Å². The van der Waals surface area contributed by atoms with Crippen molar-refractivity contribution in [2.45, 2.75) is 0 Å². The lowest BCUT2D eigenvalue weighted by molar-refractivity contribution is -0.131. The molecule has 3 rings (SSSR count). The number of carbonyl (C=O) groups is 2. The van der Waals surface area contributed by atoms with E-state index in [4.69, 9.17) is 9.47 Å². The van der Waals surface area contributed by atoms with Crippen LogP contribution in [0.15, 0.2) is 78.9 Å². The number of benzene rings is 3. The number of carboxylic acids is 1. The Balaban J connectivity index is 1.99. The number of rotatable bonds is 7. The van der Waals surface area contributed by atoms with Gasteiger partial charge in [-0.3, -0.25) is 4.79 Å². The van der Waals surface area contributed by atoms with E-state index in [0.717, 1.165) is 6.08 Å². The van der Waals surface area contributed by atoms with E-state index >= 15 is 0 Å². The third kappa shape index (κ3) is 4.52. The summed E-state index contributed by atoms with van der Waals surface area (Å²) >= 11 is 0. The van der Waals surface area contributed by atoms with Crippen LogP contribution in [0.4, 0.5) is 0 Å². The van der Waals surface area contributed by atoms with Crippen LogP contribution in [0.3, 0.4) is 0 Å². The number of ketones is 1. The van der Waals surface area contributed by atoms with Gasteiger partial charge in [-0.15, -0.1) is 0 Å². The Kier molecular flexibility index (Phi) is 6.09. The molecule has 3 aromatic rings. The molecule has 29 heavy (non-hydrogen) atoms. The zero-order valence-corrected chi connectivity index (χ0v) is 16.1. The standard InChI is InChI=1S/C24H20O5/c1-28-21-13-12-19(14-22(21)29-2)20(15-23(25)26)16-8-10-18(11-9-16)24(27)17-6-4-3-5-7-17/h3-15H,1-2H3,(H,25,26)/b20-15+. The lowest BCUT2D eigenvalue weighted by atomic mass is 9.94. The van der Waals surface area contributed by atoms with Gasteiger partial charge < -0.3 is 14.6 Å². The first-order valence-electron chi connectivity index (χ1n) is 8.90. The summed E-state index contributed by atoms with van der Waals surface area (Å²) in [5, 5.41) is 9.34. The first-order chi connectivity index (χ1) is 14.0. The van der Waals surface area contributed by atoms with Crippen molar-refractivity contribution in [1.82, 2.24) is 0 Å². The summed E-state index contributed by atoms with van der Waals surface area (Å²) in [6, 6.07) is 21.1. The van der Waals surface area contributed by atoms with Gasteiger partial charge in [0.2, 0.25) is 0 Å². The molecule has 0 aliphatic heterocycles. The maximum Gasteiger partial charge on any atom is 0.328 e. The summed E-state index contributed by atoms with van der Waals surface area (Å²) in [6.07, 6.45) is 1.13. The van der Waals surface area contributed by atoms with Gasteiger partial charge in [-0.25, -0.2) is 4.79 Å². The minimum absolute atomic E-state index is 0.0907. The average molecular weight is 388 g/mol. The van der Waals surface area contributed by atoms with Crippen molar-refractivity contribution in [2.75, 3.05) is 14.2 Å². The quantitative estimate of drug-likeness (QED) is 0.478. The number of hydrogen-bond acceptors (Lipinski definition) is 4. The number of carbonyl (C=O) groups excluding carboxylic acids is 1. The van der Waals surface area contributed by atoms with Crippen molar-refractivity contribution in [3.63, 3.8) is 0 Å². The van der Waals surface area contributed by atoms with Gasteiger partial charge in [0.1, 0.15) is 0 Å². The van der Waals surface area contributed by atoms with Gasteiger partial charge in [0, 0.05) is 17.2 Å². The summed E-state index contributed by atoms with van der Waals surface area (Å²) < 4.78 is 10.6. The van der Waals surface area contributed by atoms with Gasteiger partial charge in [-0.1, -0.05) is 60.7 Å². The Labute approximate surface area is 168 Å². The third-order valence-electron chi connectivity index (χ3n) is 4.46. The van der Waals surface area contributed by atoms with Crippen molar-refractivity contribution in [1.29, 1.82) is 0 Å². The molecule has 0 aliphatic carbocycles. The molecule has 5 heteroatoms. The van der Waals surface area contributed by atoms with Crippen LogP contribution in [-0.2, 0) is 4.79 Å². The molecule has 0 saturated carbocycles. The molecule has 0 atom stereocenters. The summed E-state index contributed by atoms with van der Waals surface area (Å²) in [5.74, 6) is -0.113. The first-order valence-corrected chi connectivity index (χ1v) is 8.90. The molecule has 0 radical (unpaired) electrons. The topological polar surface area (TPSA) is 72.8 Å². The van der Waals surface area contributed by atoms with Crippen LogP contribution in [0.5, 0.6) is 11.5 Å². The zero-order chi connectivity index (χ0) is 20.8. The number of methoxy groups -OCH3 is 2. The van der Waals surface area contributed by atoms with E-state index in [9.17, 15) is 14.7 Å². The highest BCUT2D eigenvalue weighted by Crippen LogP contribution is 2.33. The monoisotopic (exact) mass is 388 g/mol. The molecule has 0 heterocycles. The van der Waals surface area contributed by atoms with E-state index in [1.54, 1.807) is 54.6 Å². The Morgan fingerprint density at radius 2 is 1.28 bits per heavy atom. The summed E-state index contributed by atoms with van der Waals surface area (Å²) in [6.45, 7) is 0. The fourth-order valence-corrected chi connectivity index (χ4v) is 3.02. The van der Waals surface area contributed by atoms with Gasteiger partial charge in [-0.2, -0.15) is 0 Å². The van der Waals surface area contributed by atoms with Gasteiger partial charge in [0.15, 0.2) is 17.3 Å². The predicted octanol–water partition coefficient (Wildman–Crippen LogP) is 4.45. The van der Waals surface area contributed by atoms with Crippen molar-refractivity contribution >= 4 is 17.3 Å². The molecule has 3 aromatic carbocycles. The molecule has 0 saturated heterocycles. The number of aliphatic carboxylic acids is 1. The molecule has 0 bridgehead atoms. The molecule has 0 aromatic heterocycles. The zero-order valence-electron chi connectivity index (χ0n) is 16.1. The number of hydrogen-bond donors (Lipinski definition) is 1. The molecule has 0 fully saturated rings. The summed E-state index contributed by atoms with van der Waals surface area (Å²) in [7, 11) is 3.06. The van der Waals surface area contributed by atoms with Crippen LogP contribution >= 0.6 is 0 Å². The Morgan fingerprint density at radius 3 is 1.86 bits per heavy atom. The van der Waals surface area contributed by atoms with Gasteiger partial charge in [0.05, 0.1) is 14.2 Å². The van der Waals surface area contributed by atoms with Crippen molar-refractivity contribution in [3.05, 3.63) is 101 Å². The Morgan fingerprint density at radius 1 is 0.724 bits per heavy atom. The Bertz CT molecular complexity index is 1050. The van der Waals surface area contributed by atoms with Crippen LogP contribution in [0.1, 0.15) is 27.0 Å². The summed E-state index contributed by atoms with van der Waals surface area (Å²) in [4.78, 5) is 24.0. The van der Waals surface area contributed by atoms with Crippen LogP contribution in [0.25, 0.3) is 5.57 Å². The van der Waals surface area contributed by atoms with E-state index in [2.05, 4.69) is 0 Å². The fourth-order valence-electron chi connectivity index (χ4n) is 3.02. The van der Waals surface area contributed by atoms with Crippen molar-refractivity contribution < 1.29 is 24.2 Å². The highest BCUT2D eigenvalue weighted by atomic mass is 16.5. The molecule has 1 N–H and O–H groups in total. The predicted molar refractivity (Wildman–Crippen MR) is 111 cm³/mol. The average Bonchev–Trinajstić information content (AvgIpc) is 2.77. The first kappa shape index (κ1) is 19.9. The number of carboxylic acid groups (broad SMARTS) is 1. The van der Waals surface area contributed by atoms with Crippen molar-refractivity contribution in [3.8, 4) is 11.5 Å². The molecule has 0 unspecified atom stereocenters. The highest BCUT2D eigenvalue weighted by Gasteiger charge is 2.13. The molecule has 5 nitrogen and oxygen atoms in total. The largest absolute Gasteiger partial charge is 0.493 e. The van der Waals surface area contributed by atoms with E-state index in [-0.39, 0.29) is 5.78 Å². The molecule has 0 spiro atoms. The van der Waals surface area contributed by atoms with E-state index < -0.39 is 5.97 Å². The lowest BCUT2D eigenvalue weighted by Crippen LogP contribution is -2.01. The molecule has 0 amide bonds. The second-order valence-corrected chi connectivity index (χ2v) is 6.24. The van der Waals surface area contributed by atoms with E-state index in [0.29, 0.717) is 39.3 Å². The molecule has 146 valence electrons. The van der Waals surface area contributed by atoms with E-state index in [1.165, 1.54) is 14.2 Å². The molecular formula is C24H20O5. The fraction of sp³-hybridized carbons (Fsp3) is 0.0833. The van der Waals surface area contributed by atoms with Crippen molar-refractivity contribution in [2.24, 2.45) is 0 Å². The van der Waals surface area contributed by atoms with Gasteiger partial charge >= 0.3 is 5.97 Å². The van der Waals surface area contributed by atoms with Crippen LogP contribution in [0, 0.1) is 0 Å². The smallest absolute Gasteiger partial charge is 0.328 e. The SMILES string of the molecule is COc1ccc(/C(=C/C(=O)O)c2ccc(C(=O)c3ccccc3)cc2)cc1OC. The molecular weight excluding hydrogens is 368 g/mol. The maximum absolute atomic E-state index is 12.6. The van der Waals surface area contributed by atoms with E-state index in [1.807, 2.05) is 18.2 Å². The van der Waals surface area contributed by atoms with Crippen LogP contribution in [-0.4, -0.2) is 31.1 Å².